The molecule has 118 valence electrons. The van der Waals surface area contributed by atoms with Gasteiger partial charge in [0.25, 0.3) is 0 Å². The fourth-order valence-corrected chi connectivity index (χ4v) is 3.57. The van der Waals surface area contributed by atoms with Crippen LogP contribution in [0.3, 0.4) is 0 Å². The number of halogens is 2. The molecule has 1 atom stereocenters. The number of nitrogens with zero attached hydrogens (tertiary/aromatic N) is 1. The predicted octanol–water partition coefficient (Wildman–Crippen LogP) is 2.60. The molecule has 2 saturated heterocycles. The summed E-state index contributed by atoms with van der Waals surface area (Å²) >= 11 is 12.0. The summed E-state index contributed by atoms with van der Waals surface area (Å²) in [5.74, 6) is -1.74. The van der Waals surface area contributed by atoms with E-state index in [0.29, 0.717) is 41.5 Å². The molecular weight excluding hydrogens is 329 g/mol. The molecule has 2 aliphatic rings. The van der Waals surface area contributed by atoms with E-state index in [4.69, 9.17) is 32.8 Å². The van der Waals surface area contributed by atoms with Gasteiger partial charge in [-0.2, -0.15) is 5.06 Å². The van der Waals surface area contributed by atoms with Crippen LogP contribution in [0.4, 0.5) is 0 Å². The lowest BCUT2D eigenvalue weighted by atomic mass is 9.82. The highest BCUT2D eigenvalue weighted by Gasteiger charge is 2.57. The molecule has 0 aromatic heterocycles. The third-order valence-electron chi connectivity index (χ3n) is 4.30. The molecule has 5 nitrogen and oxygen atoms in total. The first kappa shape index (κ1) is 15.7. The standard InChI is InChI=1S/C15H15Cl2NO4/c1-21-18-6-4-15(5-7-18)13(19)12(14(20)22-15)10-3-2-9(16)8-11(10)17/h2-3,8,12H,4-7H2,1H3. The van der Waals surface area contributed by atoms with E-state index >= 15 is 0 Å². The number of carbonyl (C=O) groups is 2. The Hall–Kier alpha value is -1.14. The zero-order valence-electron chi connectivity index (χ0n) is 12.0. The van der Waals surface area contributed by atoms with Crippen LogP contribution in [-0.4, -0.2) is 42.6 Å². The quantitative estimate of drug-likeness (QED) is 0.610. The highest BCUT2D eigenvalue weighted by Crippen LogP contribution is 2.42. The maximum atomic E-state index is 12.8. The van der Waals surface area contributed by atoms with E-state index in [1.165, 1.54) is 6.07 Å². The van der Waals surface area contributed by atoms with Crippen molar-refractivity contribution >= 4 is 35.0 Å². The molecule has 0 amide bonds. The highest BCUT2D eigenvalue weighted by molar-refractivity contribution is 6.35. The second-order valence-electron chi connectivity index (χ2n) is 5.49. The van der Waals surface area contributed by atoms with Gasteiger partial charge in [0.15, 0.2) is 11.4 Å². The third kappa shape index (κ3) is 2.52. The molecule has 1 unspecified atom stereocenters. The molecular formula is C15H15Cl2NO4. The molecule has 22 heavy (non-hydrogen) atoms. The van der Waals surface area contributed by atoms with Crippen molar-refractivity contribution in [1.82, 2.24) is 5.06 Å². The van der Waals surface area contributed by atoms with Crippen LogP contribution in [0.25, 0.3) is 0 Å². The van der Waals surface area contributed by atoms with Crippen LogP contribution >= 0.6 is 23.2 Å². The summed E-state index contributed by atoms with van der Waals surface area (Å²) in [7, 11) is 1.58. The number of esters is 1. The number of rotatable bonds is 2. The molecule has 0 aliphatic carbocycles. The van der Waals surface area contributed by atoms with Crippen molar-refractivity contribution in [3.05, 3.63) is 33.8 Å². The summed E-state index contributed by atoms with van der Waals surface area (Å²) in [5.41, 5.74) is -0.605. The predicted molar refractivity (Wildman–Crippen MR) is 80.8 cm³/mol. The van der Waals surface area contributed by atoms with Crippen LogP contribution in [0.15, 0.2) is 18.2 Å². The molecule has 1 aromatic carbocycles. The molecule has 2 heterocycles. The minimum absolute atomic E-state index is 0.225. The van der Waals surface area contributed by atoms with E-state index in [1.54, 1.807) is 24.3 Å². The van der Waals surface area contributed by atoms with E-state index in [0.717, 1.165) is 0 Å². The Morgan fingerprint density at radius 3 is 2.55 bits per heavy atom. The summed E-state index contributed by atoms with van der Waals surface area (Å²) in [6.07, 6.45) is 0.847. The fraction of sp³-hybridized carbons (Fsp3) is 0.467. The Kier molecular flexibility index (Phi) is 4.16. The molecule has 0 bridgehead atoms. The van der Waals surface area contributed by atoms with Crippen LogP contribution in [0.1, 0.15) is 24.3 Å². The van der Waals surface area contributed by atoms with E-state index in [2.05, 4.69) is 0 Å². The Labute approximate surface area is 138 Å². The Morgan fingerprint density at radius 2 is 1.95 bits per heavy atom. The van der Waals surface area contributed by atoms with Gasteiger partial charge in [-0.25, -0.2) is 0 Å². The summed E-state index contributed by atoms with van der Waals surface area (Å²) in [4.78, 5) is 30.2. The Balaban J connectivity index is 1.89. The second-order valence-corrected chi connectivity index (χ2v) is 6.33. The van der Waals surface area contributed by atoms with Crippen molar-refractivity contribution in [2.75, 3.05) is 20.2 Å². The lowest BCUT2D eigenvalue weighted by Gasteiger charge is -2.35. The molecule has 0 radical (unpaired) electrons. The molecule has 2 aliphatic heterocycles. The van der Waals surface area contributed by atoms with Gasteiger partial charge in [-0.3, -0.25) is 9.59 Å². The number of hydroxylamine groups is 2. The summed E-state index contributed by atoms with van der Waals surface area (Å²) in [6, 6.07) is 4.75. The summed E-state index contributed by atoms with van der Waals surface area (Å²) in [6.45, 7) is 1.08. The number of ketones is 1. The topological polar surface area (TPSA) is 55.8 Å². The second kappa shape index (κ2) is 5.81. The lowest BCUT2D eigenvalue weighted by molar-refractivity contribution is -0.184. The van der Waals surface area contributed by atoms with E-state index in [-0.39, 0.29) is 5.78 Å². The van der Waals surface area contributed by atoms with Gasteiger partial charge in [-0.15, -0.1) is 0 Å². The smallest absolute Gasteiger partial charge is 0.322 e. The van der Waals surface area contributed by atoms with Crippen molar-refractivity contribution in [3.8, 4) is 0 Å². The van der Waals surface area contributed by atoms with Crippen LogP contribution < -0.4 is 0 Å². The average Bonchev–Trinajstić information content (AvgIpc) is 2.72. The van der Waals surface area contributed by atoms with Gasteiger partial charge in [0, 0.05) is 36.0 Å². The van der Waals surface area contributed by atoms with E-state index in [1.807, 2.05) is 0 Å². The van der Waals surface area contributed by atoms with E-state index in [9.17, 15) is 9.59 Å². The van der Waals surface area contributed by atoms with Crippen molar-refractivity contribution in [3.63, 3.8) is 0 Å². The SMILES string of the molecule is CON1CCC2(CC1)OC(=O)C(c1ccc(Cl)cc1Cl)C2=O. The average molecular weight is 344 g/mol. The van der Waals surface area contributed by atoms with Crippen LogP contribution in [0, 0.1) is 0 Å². The maximum Gasteiger partial charge on any atom is 0.322 e. The molecule has 7 heteroatoms. The first-order chi connectivity index (χ1) is 10.5. The zero-order chi connectivity index (χ0) is 15.9. The summed E-state index contributed by atoms with van der Waals surface area (Å²) < 4.78 is 5.48. The minimum atomic E-state index is -1.06. The maximum absolute atomic E-state index is 12.8. The zero-order valence-corrected chi connectivity index (χ0v) is 13.5. The number of Topliss-reactive ketones (excluding diaryl/α,β-unsaturated/α-hetero) is 1. The van der Waals surface area contributed by atoms with Crippen molar-refractivity contribution in [2.24, 2.45) is 0 Å². The highest BCUT2D eigenvalue weighted by atomic mass is 35.5. The lowest BCUT2D eigenvalue weighted by Crippen LogP contribution is -2.48. The number of carbonyl (C=O) groups excluding carboxylic acids is 2. The van der Waals surface area contributed by atoms with Crippen LogP contribution in [0.2, 0.25) is 10.0 Å². The van der Waals surface area contributed by atoms with Gasteiger partial charge in [-0.1, -0.05) is 29.3 Å². The molecule has 2 fully saturated rings. The first-order valence-electron chi connectivity index (χ1n) is 6.98. The molecule has 0 N–H and O–H groups in total. The van der Waals surface area contributed by atoms with Gasteiger partial charge in [0.05, 0.1) is 7.11 Å². The fourth-order valence-electron chi connectivity index (χ4n) is 3.05. The number of piperidine rings is 1. The number of hydrogen-bond acceptors (Lipinski definition) is 5. The van der Waals surface area contributed by atoms with Gasteiger partial charge < -0.3 is 9.57 Å². The number of hydrogen-bond donors (Lipinski definition) is 0. The normalized spacial score (nSPS) is 24.8. The van der Waals surface area contributed by atoms with Crippen molar-refractivity contribution in [1.29, 1.82) is 0 Å². The summed E-state index contributed by atoms with van der Waals surface area (Å²) in [5, 5.41) is 2.50. The van der Waals surface area contributed by atoms with Crippen LogP contribution in [-0.2, 0) is 19.2 Å². The molecule has 1 spiro atoms. The largest absolute Gasteiger partial charge is 0.450 e. The van der Waals surface area contributed by atoms with E-state index < -0.39 is 17.5 Å². The van der Waals surface area contributed by atoms with Crippen molar-refractivity contribution in [2.45, 2.75) is 24.4 Å². The Bertz CT molecular complexity index is 626. The monoisotopic (exact) mass is 343 g/mol. The van der Waals surface area contributed by atoms with Gasteiger partial charge in [0.2, 0.25) is 0 Å². The van der Waals surface area contributed by atoms with Gasteiger partial charge in [0.1, 0.15) is 5.92 Å². The van der Waals surface area contributed by atoms with Gasteiger partial charge >= 0.3 is 5.97 Å². The van der Waals surface area contributed by atoms with Crippen molar-refractivity contribution < 1.29 is 19.2 Å². The molecule has 3 rings (SSSR count). The molecule has 1 aromatic rings. The number of benzene rings is 1. The third-order valence-corrected chi connectivity index (χ3v) is 4.87. The number of ether oxygens (including phenoxy) is 1. The first-order valence-corrected chi connectivity index (χ1v) is 7.73. The minimum Gasteiger partial charge on any atom is -0.450 e. The molecule has 0 saturated carbocycles. The van der Waals surface area contributed by atoms with Gasteiger partial charge in [-0.05, 0) is 17.7 Å². The Morgan fingerprint density at radius 1 is 1.27 bits per heavy atom. The van der Waals surface area contributed by atoms with Crippen LogP contribution in [0.5, 0.6) is 0 Å².